The lowest BCUT2D eigenvalue weighted by molar-refractivity contribution is 0.419. The fraction of sp³-hybridized carbons (Fsp3) is 0.636. The molecule has 0 aliphatic heterocycles. The van der Waals surface area contributed by atoms with Gasteiger partial charge in [0.2, 0.25) is 0 Å². The summed E-state index contributed by atoms with van der Waals surface area (Å²) in [7, 11) is 0. The van der Waals surface area contributed by atoms with E-state index in [1.165, 1.54) is 29.7 Å². The van der Waals surface area contributed by atoms with Crippen LogP contribution in [0.25, 0.3) is 0 Å². The van der Waals surface area contributed by atoms with E-state index in [0.29, 0.717) is 0 Å². The molecule has 0 amide bonds. The summed E-state index contributed by atoms with van der Waals surface area (Å²) in [5.74, 6) is 1.93. The lowest BCUT2D eigenvalue weighted by Crippen LogP contribution is -2.33. The number of hydrogen-bond acceptors (Lipinski definition) is 2. The van der Waals surface area contributed by atoms with E-state index in [-0.39, 0.29) is 5.54 Å². The molecule has 2 unspecified atom stereocenters. The fourth-order valence-electron chi connectivity index (χ4n) is 2.72. The molecule has 3 rings (SSSR count). The molecule has 2 N–H and O–H groups in total. The lowest BCUT2D eigenvalue weighted by atomic mass is 9.92. The van der Waals surface area contributed by atoms with Crippen molar-refractivity contribution < 1.29 is 0 Å². The van der Waals surface area contributed by atoms with E-state index in [4.69, 9.17) is 5.73 Å². The van der Waals surface area contributed by atoms with Crippen LogP contribution in [0.15, 0.2) is 11.4 Å². The van der Waals surface area contributed by atoms with Gasteiger partial charge >= 0.3 is 0 Å². The minimum atomic E-state index is 0.0481. The van der Waals surface area contributed by atoms with E-state index in [1.807, 2.05) is 11.3 Å². The van der Waals surface area contributed by atoms with Gasteiger partial charge in [-0.15, -0.1) is 11.3 Å². The SMILES string of the molecule is Cc1csc(C2(N)CC3CC3C2)c1. The number of rotatable bonds is 1. The number of thiophene rings is 1. The third-order valence-electron chi connectivity index (χ3n) is 3.54. The summed E-state index contributed by atoms with van der Waals surface area (Å²) in [4.78, 5) is 1.41. The summed E-state index contributed by atoms with van der Waals surface area (Å²) >= 11 is 1.84. The Bertz CT molecular complexity index is 332. The zero-order valence-corrected chi connectivity index (χ0v) is 8.73. The monoisotopic (exact) mass is 193 g/mol. The summed E-state index contributed by atoms with van der Waals surface area (Å²) in [5.41, 5.74) is 7.84. The number of nitrogens with two attached hydrogens (primary N) is 1. The molecule has 2 aliphatic rings. The molecule has 1 nitrogen and oxygen atoms in total. The Hall–Kier alpha value is -0.340. The normalized spacial score (nSPS) is 42.0. The van der Waals surface area contributed by atoms with Crippen LogP contribution in [0.2, 0.25) is 0 Å². The highest BCUT2D eigenvalue weighted by molar-refractivity contribution is 7.10. The van der Waals surface area contributed by atoms with Crippen LogP contribution < -0.4 is 5.73 Å². The maximum Gasteiger partial charge on any atom is 0.0509 e. The van der Waals surface area contributed by atoms with Crippen LogP contribution in [0.4, 0.5) is 0 Å². The molecule has 2 atom stereocenters. The Kier molecular flexibility index (Phi) is 1.46. The van der Waals surface area contributed by atoms with Crippen LogP contribution in [-0.2, 0) is 5.54 Å². The quantitative estimate of drug-likeness (QED) is 0.729. The highest BCUT2D eigenvalue weighted by Crippen LogP contribution is 2.58. The third kappa shape index (κ3) is 1.16. The van der Waals surface area contributed by atoms with Crippen LogP contribution in [-0.4, -0.2) is 0 Å². The second kappa shape index (κ2) is 2.37. The molecule has 1 aromatic heterocycles. The van der Waals surface area contributed by atoms with E-state index >= 15 is 0 Å². The summed E-state index contributed by atoms with van der Waals surface area (Å²) in [5, 5.41) is 2.22. The largest absolute Gasteiger partial charge is 0.321 e. The van der Waals surface area contributed by atoms with Gasteiger partial charge in [-0.1, -0.05) is 0 Å². The molecule has 2 heteroatoms. The van der Waals surface area contributed by atoms with Gasteiger partial charge in [-0.25, -0.2) is 0 Å². The van der Waals surface area contributed by atoms with Crippen molar-refractivity contribution in [1.29, 1.82) is 0 Å². The van der Waals surface area contributed by atoms with E-state index in [0.717, 1.165) is 11.8 Å². The average molecular weight is 193 g/mol. The first-order valence-electron chi connectivity index (χ1n) is 5.02. The highest BCUT2D eigenvalue weighted by atomic mass is 32.1. The van der Waals surface area contributed by atoms with E-state index < -0.39 is 0 Å². The van der Waals surface area contributed by atoms with Gasteiger partial charge in [0.15, 0.2) is 0 Å². The molecule has 0 spiro atoms. The van der Waals surface area contributed by atoms with Gasteiger partial charge in [0.1, 0.15) is 0 Å². The number of hydrogen-bond donors (Lipinski definition) is 1. The second-order valence-electron chi connectivity index (χ2n) is 4.81. The zero-order valence-electron chi connectivity index (χ0n) is 7.92. The topological polar surface area (TPSA) is 26.0 Å². The van der Waals surface area contributed by atoms with Gasteiger partial charge < -0.3 is 5.73 Å². The van der Waals surface area contributed by atoms with Crippen LogP contribution in [0.5, 0.6) is 0 Å². The van der Waals surface area contributed by atoms with Gasteiger partial charge in [0, 0.05) is 4.88 Å². The molecule has 70 valence electrons. The summed E-state index contributed by atoms with van der Waals surface area (Å²) in [6, 6.07) is 2.27. The van der Waals surface area contributed by atoms with Crippen molar-refractivity contribution in [2.24, 2.45) is 17.6 Å². The Morgan fingerprint density at radius 3 is 2.69 bits per heavy atom. The molecule has 1 aromatic rings. The molecule has 2 aliphatic carbocycles. The Labute approximate surface area is 83.0 Å². The Morgan fingerprint density at radius 2 is 2.15 bits per heavy atom. The molecule has 2 saturated carbocycles. The third-order valence-corrected chi connectivity index (χ3v) is 4.81. The Morgan fingerprint density at radius 1 is 1.46 bits per heavy atom. The van der Waals surface area contributed by atoms with Crippen molar-refractivity contribution in [3.63, 3.8) is 0 Å². The van der Waals surface area contributed by atoms with Gasteiger partial charge in [0.05, 0.1) is 5.54 Å². The average Bonchev–Trinajstić information content (AvgIpc) is 2.54. The van der Waals surface area contributed by atoms with E-state index in [1.54, 1.807) is 0 Å². The van der Waals surface area contributed by atoms with Crippen molar-refractivity contribution in [3.8, 4) is 0 Å². The highest BCUT2D eigenvalue weighted by Gasteiger charge is 2.53. The van der Waals surface area contributed by atoms with Crippen LogP contribution in [0, 0.1) is 18.8 Å². The van der Waals surface area contributed by atoms with Crippen molar-refractivity contribution in [2.75, 3.05) is 0 Å². The van der Waals surface area contributed by atoms with Crippen molar-refractivity contribution in [2.45, 2.75) is 31.7 Å². The first-order valence-corrected chi connectivity index (χ1v) is 5.90. The molecular formula is C11H15NS. The predicted molar refractivity (Wildman–Crippen MR) is 55.8 cm³/mol. The summed E-state index contributed by atoms with van der Waals surface area (Å²) < 4.78 is 0. The molecule has 13 heavy (non-hydrogen) atoms. The molecule has 0 radical (unpaired) electrons. The van der Waals surface area contributed by atoms with Crippen molar-refractivity contribution in [1.82, 2.24) is 0 Å². The van der Waals surface area contributed by atoms with Gasteiger partial charge in [0.25, 0.3) is 0 Å². The van der Waals surface area contributed by atoms with Crippen molar-refractivity contribution >= 4 is 11.3 Å². The first kappa shape index (κ1) is 8.01. The smallest absolute Gasteiger partial charge is 0.0509 e. The second-order valence-corrected chi connectivity index (χ2v) is 5.72. The van der Waals surface area contributed by atoms with Crippen LogP contribution >= 0.6 is 11.3 Å². The minimum absolute atomic E-state index is 0.0481. The maximum absolute atomic E-state index is 6.42. The van der Waals surface area contributed by atoms with E-state index in [9.17, 15) is 0 Å². The van der Waals surface area contributed by atoms with Gasteiger partial charge in [-0.3, -0.25) is 0 Å². The van der Waals surface area contributed by atoms with Gasteiger partial charge in [-0.05, 0) is 55.0 Å². The van der Waals surface area contributed by atoms with E-state index in [2.05, 4.69) is 18.4 Å². The zero-order chi connectivity index (χ0) is 9.05. The molecule has 0 aromatic carbocycles. The summed E-state index contributed by atoms with van der Waals surface area (Å²) in [6.45, 7) is 2.15. The van der Waals surface area contributed by atoms with Crippen molar-refractivity contribution in [3.05, 3.63) is 21.9 Å². The Balaban J connectivity index is 1.91. The molecule has 0 saturated heterocycles. The standard InChI is InChI=1S/C11H15NS/c1-7-2-10(13-6-7)11(12)4-8-3-9(8)5-11/h2,6,8-9H,3-5,12H2,1H3. The fourth-order valence-corrected chi connectivity index (χ4v) is 3.76. The number of aryl methyl sites for hydroxylation is 1. The lowest BCUT2D eigenvalue weighted by Gasteiger charge is -2.24. The molecule has 2 fully saturated rings. The predicted octanol–water partition coefficient (Wildman–Crippen LogP) is 2.64. The molecule has 1 heterocycles. The summed E-state index contributed by atoms with van der Waals surface area (Å²) in [6.07, 6.45) is 3.92. The first-order chi connectivity index (χ1) is 6.17. The maximum atomic E-state index is 6.42. The van der Waals surface area contributed by atoms with Gasteiger partial charge in [-0.2, -0.15) is 0 Å². The number of fused-ring (bicyclic) bond motifs is 1. The van der Waals surface area contributed by atoms with Crippen LogP contribution in [0.3, 0.4) is 0 Å². The molecule has 0 bridgehead atoms. The minimum Gasteiger partial charge on any atom is -0.321 e. The van der Waals surface area contributed by atoms with Crippen LogP contribution in [0.1, 0.15) is 29.7 Å². The molecular weight excluding hydrogens is 178 g/mol.